The van der Waals surface area contributed by atoms with E-state index in [2.05, 4.69) is 32.6 Å². The fraction of sp³-hybridized carbons (Fsp3) is 1.00. The standard InChI is InChI=1S/C17H38NO.C2H7O3P/c1-5-6-7-8-9-10-11-12-13-14-16-19-17-15-18(2,3)4;1-2-5-6(3)4/h5-17H2,1-4H3;6H,2H2,1H3,(H,3,4)/q+1;. The van der Waals surface area contributed by atoms with Crippen molar-refractivity contribution in [3.05, 3.63) is 0 Å². The molecule has 0 heterocycles. The summed E-state index contributed by atoms with van der Waals surface area (Å²) < 4.78 is 20.4. The van der Waals surface area contributed by atoms with Crippen molar-refractivity contribution in [1.29, 1.82) is 0 Å². The third-order valence-electron chi connectivity index (χ3n) is 3.82. The summed E-state index contributed by atoms with van der Waals surface area (Å²) in [7, 11) is 4.00. The maximum atomic E-state index is 9.56. The van der Waals surface area contributed by atoms with E-state index in [-0.39, 0.29) is 0 Å². The number of ether oxygens (including phenoxy) is 1. The molecule has 5 nitrogen and oxygen atoms in total. The molecule has 154 valence electrons. The quantitative estimate of drug-likeness (QED) is 0.231. The molecule has 25 heavy (non-hydrogen) atoms. The molecule has 0 bridgehead atoms. The molecule has 0 fully saturated rings. The van der Waals surface area contributed by atoms with Gasteiger partial charge in [-0.2, -0.15) is 0 Å². The highest BCUT2D eigenvalue weighted by atomic mass is 31.1. The van der Waals surface area contributed by atoms with Crippen LogP contribution in [0.5, 0.6) is 0 Å². The molecule has 1 unspecified atom stereocenters. The van der Waals surface area contributed by atoms with Crippen LogP contribution in [0.15, 0.2) is 0 Å². The highest BCUT2D eigenvalue weighted by Crippen LogP contribution is 2.12. The van der Waals surface area contributed by atoms with Gasteiger partial charge in [-0.15, -0.1) is 0 Å². The zero-order chi connectivity index (χ0) is 19.4. The Labute approximate surface area is 157 Å². The third-order valence-corrected chi connectivity index (χ3v) is 4.35. The molecule has 0 aromatic carbocycles. The minimum atomic E-state index is -2.64. The molecule has 0 aliphatic rings. The van der Waals surface area contributed by atoms with E-state index in [0.29, 0.717) is 6.61 Å². The van der Waals surface area contributed by atoms with Crippen LogP contribution in [-0.2, 0) is 13.8 Å². The first kappa shape index (κ1) is 27.3. The van der Waals surface area contributed by atoms with Gasteiger partial charge in [0.05, 0.1) is 34.4 Å². The molecule has 0 rings (SSSR count). The van der Waals surface area contributed by atoms with Crippen molar-refractivity contribution >= 4 is 8.25 Å². The van der Waals surface area contributed by atoms with Gasteiger partial charge in [0.25, 0.3) is 0 Å². The molecule has 0 saturated heterocycles. The molecular weight excluding hydrogens is 337 g/mol. The molecule has 1 atom stereocenters. The number of hydrogen-bond donors (Lipinski definition) is 1. The average molecular weight is 383 g/mol. The minimum absolute atomic E-state index is 0.314. The number of likely N-dealkylation sites (N-methyl/N-ethyl adjacent to an activating group) is 1. The molecule has 0 aromatic rings. The van der Waals surface area contributed by atoms with Gasteiger partial charge >= 0.3 is 8.25 Å². The SMILES string of the molecule is CCCCCCCCCCCCOCC[N+](C)(C)C.CCO[PH](=O)O. The van der Waals surface area contributed by atoms with Crippen LogP contribution in [0.1, 0.15) is 78.1 Å². The van der Waals surface area contributed by atoms with E-state index in [1.807, 2.05) is 0 Å². The van der Waals surface area contributed by atoms with E-state index in [1.54, 1.807) is 6.92 Å². The van der Waals surface area contributed by atoms with Crippen LogP contribution >= 0.6 is 8.25 Å². The summed E-state index contributed by atoms with van der Waals surface area (Å²) in [6.45, 7) is 7.23. The van der Waals surface area contributed by atoms with Gasteiger partial charge in [-0.05, 0) is 13.3 Å². The van der Waals surface area contributed by atoms with Gasteiger partial charge in [0.1, 0.15) is 6.54 Å². The van der Waals surface area contributed by atoms with E-state index in [1.165, 1.54) is 64.2 Å². The smallest absolute Gasteiger partial charge is 0.316 e. The second-order valence-electron chi connectivity index (χ2n) is 7.51. The van der Waals surface area contributed by atoms with E-state index in [9.17, 15) is 4.57 Å². The maximum Gasteiger partial charge on any atom is 0.316 e. The Hall–Kier alpha value is 0.0700. The van der Waals surface area contributed by atoms with Crippen molar-refractivity contribution in [2.75, 3.05) is 47.5 Å². The van der Waals surface area contributed by atoms with Crippen molar-refractivity contribution in [2.24, 2.45) is 0 Å². The van der Waals surface area contributed by atoms with Crippen LogP contribution in [0.3, 0.4) is 0 Å². The Kier molecular flexibility index (Phi) is 22.3. The van der Waals surface area contributed by atoms with Gasteiger partial charge < -0.3 is 18.6 Å². The summed E-state index contributed by atoms with van der Waals surface area (Å²) in [4.78, 5) is 7.88. The predicted octanol–water partition coefficient (Wildman–Crippen LogP) is 5.04. The van der Waals surface area contributed by atoms with E-state index < -0.39 is 8.25 Å². The third kappa shape index (κ3) is 32.2. The lowest BCUT2D eigenvalue weighted by Gasteiger charge is -2.23. The summed E-state index contributed by atoms with van der Waals surface area (Å²) in [5.74, 6) is 0. The molecule has 0 radical (unpaired) electrons. The molecule has 0 aliphatic heterocycles. The Morgan fingerprint density at radius 3 is 1.64 bits per heavy atom. The van der Waals surface area contributed by atoms with Crippen molar-refractivity contribution in [3.63, 3.8) is 0 Å². The summed E-state index contributed by atoms with van der Waals surface area (Å²) >= 11 is 0. The van der Waals surface area contributed by atoms with Gasteiger partial charge in [-0.1, -0.05) is 64.7 Å². The van der Waals surface area contributed by atoms with Crippen LogP contribution in [0, 0.1) is 0 Å². The molecule has 0 amide bonds. The lowest BCUT2D eigenvalue weighted by atomic mass is 10.1. The molecule has 0 aliphatic carbocycles. The Bertz CT molecular complexity index is 283. The first-order valence-corrected chi connectivity index (χ1v) is 11.3. The minimum Gasteiger partial charge on any atom is -0.376 e. The first-order chi connectivity index (χ1) is 11.8. The van der Waals surface area contributed by atoms with Crippen molar-refractivity contribution in [1.82, 2.24) is 0 Å². The zero-order valence-electron chi connectivity index (χ0n) is 17.5. The summed E-state index contributed by atoms with van der Waals surface area (Å²) in [6, 6.07) is 0. The molecule has 0 aromatic heterocycles. The van der Waals surface area contributed by atoms with Gasteiger partial charge in [0, 0.05) is 6.61 Å². The maximum absolute atomic E-state index is 9.56. The summed E-state index contributed by atoms with van der Waals surface area (Å²) in [6.07, 6.45) is 14.0. The van der Waals surface area contributed by atoms with Crippen LogP contribution < -0.4 is 0 Å². The summed E-state index contributed by atoms with van der Waals surface area (Å²) in [5.41, 5.74) is 0. The lowest BCUT2D eigenvalue weighted by molar-refractivity contribution is -0.870. The Balaban J connectivity index is 0. The fourth-order valence-corrected chi connectivity index (χ4v) is 2.50. The van der Waals surface area contributed by atoms with Gasteiger partial charge in [0.2, 0.25) is 0 Å². The second-order valence-corrected chi connectivity index (χ2v) is 8.33. The van der Waals surface area contributed by atoms with E-state index in [0.717, 1.165) is 24.2 Å². The van der Waals surface area contributed by atoms with Crippen LogP contribution in [-0.4, -0.2) is 56.9 Å². The molecule has 0 spiro atoms. The van der Waals surface area contributed by atoms with Gasteiger partial charge in [-0.25, -0.2) is 0 Å². The predicted molar refractivity (Wildman–Crippen MR) is 108 cm³/mol. The van der Waals surface area contributed by atoms with Crippen LogP contribution in [0.2, 0.25) is 0 Å². The number of nitrogens with zero attached hydrogens (tertiary/aromatic N) is 1. The number of hydrogen-bond acceptors (Lipinski definition) is 3. The largest absolute Gasteiger partial charge is 0.376 e. The highest BCUT2D eigenvalue weighted by molar-refractivity contribution is 7.32. The topological polar surface area (TPSA) is 55.8 Å². The second kappa shape index (κ2) is 20.4. The lowest BCUT2D eigenvalue weighted by Crippen LogP contribution is -2.37. The highest BCUT2D eigenvalue weighted by Gasteiger charge is 2.05. The number of rotatable bonds is 16. The van der Waals surface area contributed by atoms with Crippen molar-refractivity contribution in [2.45, 2.75) is 78.1 Å². The average Bonchev–Trinajstić information content (AvgIpc) is 2.51. The van der Waals surface area contributed by atoms with E-state index in [4.69, 9.17) is 9.63 Å². The van der Waals surface area contributed by atoms with Gasteiger partial charge in [-0.3, -0.25) is 4.57 Å². The fourth-order valence-electron chi connectivity index (χ4n) is 2.26. The Morgan fingerprint density at radius 2 is 1.28 bits per heavy atom. The monoisotopic (exact) mass is 382 g/mol. The molecular formula is C19H45NO4P+. The first-order valence-electron chi connectivity index (χ1n) is 10.1. The molecule has 0 saturated carbocycles. The number of unbranched alkanes of at least 4 members (excludes halogenated alkanes) is 9. The van der Waals surface area contributed by atoms with Crippen molar-refractivity contribution < 1.29 is 23.2 Å². The van der Waals surface area contributed by atoms with Gasteiger partial charge in [0.15, 0.2) is 0 Å². The zero-order valence-corrected chi connectivity index (χ0v) is 18.5. The molecule has 1 N–H and O–H groups in total. The summed E-state index contributed by atoms with van der Waals surface area (Å²) in [5, 5.41) is 0. The normalized spacial score (nSPS) is 12.6. The Morgan fingerprint density at radius 1 is 0.800 bits per heavy atom. The molecule has 6 heteroatoms. The van der Waals surface area contributed by atoms with Crippen molar-refractivity contribution in [3.8, 4) is 0 Å². The van der Waals surface area contributed by atoms with E-state index >= 15 is 0 Å². The number of quaternary nitrogens is 1. The van der Waals surface area contributed by atoms with Crippen LogP contribution in [0.25, 0.3) is 0 Å². The van der Waals surface area contributed by atoms with Crippen LogP contribution in [0.4, 0.5) is 0 Å².